The van der Waals surface area contributed by atoms with Crippen LogP contribution in [0.2, 0.25) is 0 Å². The molecule has 0 aromatic carbocycles. The van der Waals surface area contributed by atoms with E-state index < -0.39 is 0 Å². The summed E-state index contributed by atoms with van der Waals surface area (Å²) in [7, 11) is 2.08. The maximum Gasteiger partial charge on any atom is 0.116 e. The number of hydrogen-bond acceptors (Lipinski definition) is 4. The second-order valence-corrected chi connectivity index (χ2v) is 7.73. The van der Waals surface area contributed by atoms with Gasteiger partial charge in [-0.25, -0.2) is 9.97 Å². The van der Waals surface area contributed by atoms with E-state index in [1.165, 1.54) is 19.3 Å². The fraction of sp³-hybridized carbons (Fsp3) is 0.733. The molecule has 106 valence electrons. The van der Waals surface area contributed by atoms with Gasteiger partial charge in [-0.15, -0.1) is 11.8 Å². The van der Waals surface area contributed by atoms with Gasteiger partial charge in [0, 0.05) is 17.5 Å². The largest absolute Gasteiger partial charge is 0.316 e. The molecule has 0 radical (unpaired) electrons. The normalized spacial score (nSPS) is 28.3. The summed E-state index contributed by atoms with van der Waals surface area (Å²) < 4.78 is 0. The van der Waals surface area contributed by atoms with Gasteiger partial charge in [-0.1, -0.05) is 20.8 Å². The van der Waals surface area contributed by atoms with Crippen LogP contribution in [0.15, 0.2) is 23.6 Å². The highest BCUT2D eigenvalue weighted by Gasteiger charge is 2.35. The first-order valence-corrected chi connectivity index (χ1v) is 7.98. The molecule has 3 nitrogen and oxygen atoms in total. The molecule has 4 heteroatoms. The molecular formula is C15H25N3S. The fourth-order valence-corrected chi connectivity index (χ4v) is 4.20. The summed E-state index contributed by atoms with van der Waals surface area (Å²) in [6.07, 6.45) is 7.33. The van der Waals surface area contributed by atoms with E-state index in [1.807, 2.05) is 24.0 Å². The third-order valence-corrected chi connectivity index (χ3v) is 5.52. The summed E-state index contributed by atoms with van der Waals surface area (Å²) in [5.41, 5.74) is 0.406. The molecule has 0 amide bonds. The van der Waals surface area contributed by atoms with Gasteiger partial charge in [0.15, 0.2) is 0 Å². The van der Waals surface area contributed by atoms with Gasteiger partial charge in [-0.3, -0.25) is 0 Å². The number of nitrogens with one attached hydrogen (secondary N) is 1. The average molecular weight is 279 g/mol. The molecule has 1 fully saturated rings. The van der Waals surface area contributed by atoms with Crippen molar-refractivity contribution in [1.29, 1.82) is 0 Å². The van der Waals surface area contributed by atoms with E-state index in [0.717, 1.165) is 10.9 Å². The van der Waals surface area contributed by atoms with E-state index in [-0.39, 0.29) is 0 Å². The van der Waals surface area contributed by atoms with Crippen molar-refractivity contribution in [2.75, 3.05) is 7.05 Å². The Bertz CT molecular complexity index is 388. The van der Waals surface area contributed by atoms with Crippen LogP contribution in [0.1, 0.15) is 40.0 Å². The molecule has 2 rings (SSSR count). The van der Waals surface area contributed by atoms with Gasteiger partial charge in [-0.2, -0.15) is 0 Å². The number of thioether (sulfide) groups is 1. The molecule has 1 aromatic rings. The Kier molecular flexibility index (Phi) is 4.85. The van der Waals surface area contributed by atoms with E-state index >= 15 is 0 Å². The van der Waals surface area contributed by atoms with Gasteiger partial charge >= 0.3 is 0 Å². The lowest BCUT2D eigenvalue weighted by Gasteiger charge is -2.41. The average Bonchev–Trinajstić information content (AvgIpc) is 2.39. The minimum atomic E-state index is 0.406. The topological polar surface area (TPSA) is 37.8 Å². The molecule has 1 saturated carbocycles. The second kappa shape index (κ2) is 6.23. The Hall–Kier alpha value is -0.610. The first-order valence-electron chi connectivity index (χ1n) is 7.10. The van der Waals surface area contributed by atoms with E-state index in [2.05, 4.69) is 43.1 Å². The number of aromatic nitrogens is 2. The summed E-state index contributed by atoms with van der Waals surface area (Å²) in [6.45, 7) is 7.09. The Morgan fingerprint density at radius 2 is 2.11 bits per heavy atom. The summed E-state index contributed by atoms with van der Waals surface area (Å²) in [5.74, 6) is 0.802. The minimum Gasteiger partial charge on any atom is -0.316 e. The SMILES string of the molecule is CNC1CCC(C(C)(C)C)CC1Sc1ccncn1. The van der Waals surface area contributed by atoms with Crippen molar-refractivity contribution in [3.05, 3.63) is 18.6 Å². The van der Waals surface area contributed by atoms with Gasteiger partial charge in [0.25, 0.3) is 0 Å². The molecule has 3 atom stereocenters. The van der Waals surface area contributed by atoms with E-state index in [1.54, 1.807) is 6.33 Å². The highest BCUT2D eigenvalue weighted by molar-refractivity contribution is 7.99. The maximum absolute atomic E-state index is 4.35. The van der Waals surface area contributed by atoms with Crippen LogP contribution >= 0.6 is 11.8 Å². The predicted molar refractivity (Wildman–Crippen MR) is 81.3 cm³/mol. The van der Waals surface area contributed by atoms with Gasteiger partial charge < -0.3 is 5.32 Å². The van der Waals surface area contributed by atoms with Crippen LogP contribution in [0.5, 0.6) is 0 Å². The molecule has 19 heavy (non-hydrogen) atoms. The Balaban J connectivity index is 2.06. The fourth-order valence-electron chi connectivity index (χ4n) is 2.88. The lowest BCUT2D eigenvalue weighted by Crippen LogP contribution is -2.43. The molecule has 0 bridgehead atoms. The van der Waals surface area contributed by atoms with Gasteiger partial charge in [0.05, 0.1) is 5.03 Å². The van der Waals surface area contributed by atoms with Crippen LogP contribution in [0.4, 0.5) is 0 Å². The molecule has 1 aliphatic rings. The zero-order chi connectivity index (χ0) is 13.9. The summed E-state index contributed by atoms with van der Waals surface area (Å²) in [5, 5.41) is 5.18. The quantitative estimate of drug-likeness (QED) is 0.861. The summed E-state index contributed by atoms with van der Waals surface area (Å²) in [6, 6.07) is 2.61. The third-order valence-electron chi connectivity index (χ3n) is 4.21. The highest BCUT2D eigenvalue weighted by atomic mass is 32.2. The summed E-state index contributed by atoms with van der Waals surface area (Å²) >= 11 is 1.90. The Labute approximate surface area is 121 Å². The molecule has 0 saturated heterocycles. The molecule has 0 spiro atoms. The van der Waals surface area contributed by atoms with Crippen molar-refractivity contribution < 1.29 is 0 Å². The Morgan fingerprint density at radius 3 is 2.68 bits per heavy atom. The van der Waals surface area contributed by atoms with Crippen molar-refractivity contribution in [3.8, 4) is 0 Å². The van der Waals surface area contributed by atoms with Crippen LogP contribution in [0.3, 0.4) is 0 Å². The first kappa shape index (κ1) is 14.8. The second-order valence-electron chi connectivity index (χ2n) is 6.48. The van der Waals surface area contributed by atoms with Crippen molar-refractivity contribution in [2.24, 2.45) is 11.3 Å². The molecule has 1 heterocycles. The van der Waals surface area contributed by atoms with Crippen LogP contribution in [-0.2, 0) is 0 Å². The first-order chi connectivity index (χ1) is 9.00. The van der Waals surface area contributed by atoms with E-state index in [9.17, 15) is 0 Å². The zero-order valence-corrected chi connectivity index (χ0v) is 13.2. The number of nitrogens with zero attached hydrogens (tertiary/aromatic N) is 2. The predicted octanol–water partition coefficient (Wildman–Crippen LogP) is 3.37. The molecule has 1 N–H and O–H groups in total. The van der Waals surface area contributed by atoms with Crippen LogP contribution in [-0.4, -0.2) is 28.3 Å². The van der Waals surface area contributed by atoms with E-state index in [0.29, 0.717) is 16.7 Å². The van der Waals surface area contributed by atoms with Crippen molar-refractivity contribution in [3.63, 3.8) is 0 Å². The number of rotatable bonds is 3. The standard InChI is InChI=1S/C15H25N3S/c1-15(2,3)11-5-6-12(16-4)13(9-11)19-14-7-8-17-10-18-14/h7-8,10-13,16H,5-6,9H2,1-4H3. The van der Waals surface area contributed by atoms with E-state index in [4.69, 9.17) is 0 Å². The van der Waals surface area contributed by atoms with Crippen molar-refractivity contribution >= 4 is 11.8 Å². The molecule has 0 aliphatic heterocycles. The molecule has 3 unspecified atom stereocenters. The van der Waals surface area contributed by atoms with Gasteiger partial charge in [0.2, 0.25) is 0 Å². The molecule has 1 aliphatic carbocycles. The lowest BCUT2D eigenvalue weighted by molar-refractivity contribution is 0.167. The molecule has 1 aromatic heterocycles. The van der Waals surface area contributed by atoms with Gasteiger partial charge in [-0.05, 0) is 43.7 Å². The zero-order valence-electron chi connectivity index (χ0n) is 12.4. The Morgan fingerprint density at radius 1 is 1.32 bits per heavy atom. The molecular weight excluding hydrogens is 254 g/mol. The lowest BCUT2D eigenvalue weighted by atomic mass is 9.71. The van der Waals surface area contributed by atoms with Gasteiger partial charge in [0.1, 0.15) is 6.33 Å². The van der Waals surface area contributed by atoms with Crippen LogP contribution < -0.4 is 5.32 Å². The highest BCUT2D eigenvalue weighted by Crippen LogP contribution is 2.42. The third kappa shape index (κ3) is 3.93. The monoisotopic (exact) mass is 279 g/mol. The van der Waals surface area contributed by atoms with Crippen LogP contribution in [0, 0.1) is 11.3 Å². The minimum absolute atomic E-state index is 0.406. The van der Waals surface area contributed by atoms with Crippen LogP contribution in [0.25, 0.3) is 0 Å². The summed E-state index contributed by atoms with van der Waals surface area (Å²) in [4.78, 5) is 8.34. The van der Waals surface area contributed by atoms with Crippen molar-refractivity contribution in [2.45, 2.75) is 56.4 Å². The van der Waals surface area contributed by atoms with Crippen molar-refractivity contribution in [1.82, 2.24) is 15.3 Å². The smallest absolute Gasteiger partial charge is 0.116 e. The maximum atomic E-state index is 4.35. The number of hydrogen-bond donors (Lipinski definition) is 1.